The minimum atomic E-state index is -1.18. The molecule has 29 heavy (non-hydrogen) atoms. The van der Waals surface area contributed by atoms with Crippen molar-refractivity contribution >= 4 is 40.6 Å². The van der Waals surface area contributed by atoms with Gasteiger partial charge in [0.2, 0.25) is 0 Å². The lowest BCUT2D eigenvalue weighted by molar-refractivity contribution is -0.129. The van der Waals surface area contributed by atoms with Crippen molar-refractivity contribution in [2.75, 3.05) is 12.9 Å². The minimum absolute atomic E-state index is 0.177. The van der Waals surface area contributed by atoms with Crippen LogP contribution in [0.25, 0.3) is 17.2 Å². The fraction of sp³-hybridized carbons (Fsp3) is 0.182. The molecule has 1 atom stereocenters. The molecule has 0 fully saturated rings. The number of fused-ring (bicyclic) bond motifs is 1. The number of allylic oxidation sites excluding steroid dienone is 2. The van der Waals surface area contributed by atoms with Crippen molar-refractivity contribution in [3.63, 3.8) is 0 Å². The Bertz CT molecular complexity index is 1010. The van der Waals surface area contributed by atoms with Gasteiger partial charge in [0.1, 0.15) is 18.7 Å². The number of carboxylic acids is 1. The van der Waals surface area contributed by atoms with E-state index < -0.39 is 17.1 Å². The topological polar surface area (TPSA) is 82.0 Å². The summed E-state index contributed by atoms with van der Waals surface area (Å²) >= 11 is -1.04. The van der Waals surface area contributed by atoms with Gasteiger partial charge in [-0.15, -0.1) is 0 Å². The van der Waals surface area contributed by atoms with Gasteiger partial charge in [-0.2, -0.15) is 0 Å². The Morgan fingerprint density at radius 2 is 1.97 bits per heavy atom. The summed E-state index contributed by atoms with van der Waals surface area (Å²) < 4.78 is 25.5. The van der Waals surface area contributed by atoms with E-state index >= 15 is 0 Å². The molecule has 150 valence electrons. The third kappa shape index (κ3) is 4.93. The zero-order valence-corrected chi connectivity index (χ0v) is 16.8. The van der Waals surface area contributed by atoms with Gasteiger partial charge in [0.05, 0.1) is 0 Å². The molecule has 0 aromatic heterocycles. The lowest BCUT2D eigenvalue weighted by Gasteiger charge is -2.06. The summed E-state index contributed by atoms with van der Waals surface area (Å²) in [6.45, 7) is 2.14. The standard InChI is InChI=1S/C22H20FNO4S/c1-14-18(9-10-28-24-13-22(25)26)21-12-16(23)5-8-19(21)20(14)11-15-3-6-17(7-4-15)29(2)27/h3-8,11-13H,9-10H2,1-2H3,(H,25,26). The van der Waals surface area contributed by atoms with Crippen LogP contribution in [0.15, 0.2) is 58.1 Å². The number of carboxylic acid groups (broad SMARTS) is 1. The lowest BCUT2D eigenvalue weighted by Crippen LogP contribution is -1.97. The average Bonchev–Trinajstić information content (AvgIpc) is 2.93. The second-order valence-corrected chi connectivity index (χ2v) is 7.91. The highest BCUT2D eigenvalue weighted by molar-refractivity contribution is 7.90. The molecule has 2 aromatic carbocycles. The average molecular weight is 413 g/mol. The van der Waals surface area contributed by atoms with E-state index in [4.69, 9.17) is 9.94 Å². The Kier molecular flexibility index (Phi) is 6.51. The van der Waals surface area contributed by atoms with Crippen LogP contribution in [0.5, 0.6) is 0 Å². The van der Waals surface area contributed by atoms with E-state index in [1.807, 2.05) is 37.3 Å². The maximum absolute atomic E-state index is 13.9. The molecular formula is C22H20FNO4S. The molecule has 7 heteroatoms. The Balaban J connectivity index is 1.90. The molecule has 0 radical (unpaired) electrons. The van der Waals surface area contributed by atoms with Crippen LogP contribution >= 0.6 is 0 Å². The van der Waals surface area contributed by atoms with Crippen LogP contribution in [0.4, 0.5) is 4.39 Å². The van der Waals surface area contributed by atoms with Gasteiger partial charge in [0, 0.05) is 6.42 Å². The number of rotatable bonds is 7. The van der Waals surface area contributed by atoms with Crippen LogP contribution in [0.3, 0.4) is 0 Å². The van der Waals surface area contributed by atoms with Crippen molar-refractivity contribution in [1.29, 1.82) is 0 Å². The zero-order valence-electron chi connectivity index (χ0n) is 16.0. The SMILES string of the molecule is CC1=C(CCON=CC(=O)O)c2cc(F)ccc2C1=Cc1ccc([S+](C)[O-])cc1. The van der Waals surface area contributed by atoms with E-state index in [2.05, 4.69) is 5.16 Å². The van der Waals surface area contributed by atoms with Gasteiger partial charge in [-0.25, -0.2) is 9.18 Å². The molecule has 0 saturated carbocycles. The molecule has 1 aliphatic carbocycles. The van der Waals surface area contributed by atoms with Crippen molar-refractivity contribution in [2.45, 2.75) is 18.2 Å². The van der Waals surface area contributed by atoms with E-state index in [9.17, 15) is 13.7 Å². The predicted molar refractivity (Wildman–Crippen MR) is 112 cm³/mol. The first-order valence-electron chi connectivity index (χ1n) is 8.90. The molecule has 0 bridgehead atoms. The van der Waals surface area contributed by atoms with Gasteiger partial charge >= 0.3 is 5.97 Å². The first-order chi connectivity index (χ1) is 13.9. The van der Waals surface area contributed by atoms with Crippen LogP contribution in [-0.4, -0.2) is 34.7 Å². The van der Waals surface area contributed by atoms with Gasteiger partial charge in [-0.3, -0.25) is 0 Å². The van der Waals surface area contributed by atoms with Crippen molar-refractivity contribution in [2.24, 2.45) is 5.16 Å². The summed E-state index contributed by atoms with van der Waals surface area (Å²) in [6, 6.07) is 12.2. The van der Waals surface area contributed by atoms with Crippen molar-refractivity contribution in [3.8, 4) is 0 Å². The van der Waals surface area contributed by atoms with Crippen LogP contribution in [0.2, 0.25) is 0 Å². The van der Waals surface area contributed by atoms with E-state index in [1.165, 1.54) is 12.1 Å². The lowest BCUT2D eigenvalue weighted by atomic mass is 10.0. The van der Waals surface area contributed by atoms with Crippen molar-refractivity contribution in [1.82, 2.24) is 0 Å². The van der Waals surface area contributed by atoms with Crippen LogP contribution in [0, 0.1) is 5.82 Å². The van der Waals surface area contributed by atoms with Gasteiger partial charge in [-0.1, -0.05) is 11.2 Å². The Morgan fingerprint density at radius 1 is 1.24 bits per heavy atom. The maximum Gasteiger partial charge on any atom is 0.350 e. The largest absolute Gasteiger partial charge is 0.612 e. The van der Waals surface area contributed by atoms with E-state index in [1.54, 1.807) is 12.3 Å². The molecule has 5 nitrogen and oxygen atoms in total. The minimum Gasteiger partial charge on any atom is -0.612 e. The highest BCUT2D eigenvalue weighted by Gasteiger charge is 2.24. The molecule has 2 aromatic rings. The number of oxime groups is 1. The van der Waals surface area contributed by atoms with E-state index in [0.29, 0.717) is 12.6 Å². The predicted octanol–water partition coefficient (Wildman–Crippen LogP) is 4.37. The highest BCUT2D eigenvalue weighted by atomic mass is 32.2. The summed E-state index contributed by atoms with van der Waals surface area (Å²) in [5.41, 5.74) is 5.59. The molecular weight excluding hydrogens is 393 g/mol. The third-order valence-electron chi connectivity index (χ3n) is 4.66. The molecule has 0 aliphatic heterocycles. The fourth-order valence-corrected chi connectivity index (χ4v) is 3.80. The number of carbonyl (C=O) groups is 1. The molecule has 0 amide bonds. The molecule has 0 spiro atoms. The number of halogens is 1. The second-order valence-electron chi connectivity index (χ2n) is 6.53. The summed E-state index contributed by atoms with van der Waals surface area (Å²) in [5.74, 6) is -1.51. The second kappa shape index (κ2) is 9.07. The van der Waals surface area contributed by atoms with Crippen molar-refractivity contribution < 1.29 is 23.7 Å². The number of aliphatic carboxylic acids is 1. The zero-order chi connectivity index (χ0) is 21.0. The molecule has 3 rings (SSSR count). The van der Waals surface area contributed by atoms with Gasteiger partial charge < -0.3 is 14.5 Å². The van der Waals surface area contributed by atoms with Gasteiger partial charge in [0.25, 0.3) is 0 Å². The number of nitrogens with zero attached hydrogens (tertiary/aromatic N) is 1. The Morgan fingerprint density at radius 3 is 2.62 bits per heavy atom. The quantitative estimate of drug-likeness (QED) is 0.316. The van der Waals surface area contributed by atoms with E-state index in [0.717, 1.165) is 38.3 Å². The Labute approximate surface area is 171 Å². The number of hydrogen-bond acceptors (Lipinski definition) is 4. The molecule has 1 N–H and O–H groups in total. The normalized spacial score (nSPS) is 15.8. The maximum atomic E-state index is 13.9. The Hall–Kier alpha value is -2.90. The van der Waals surface area contributed by atoms with Crippen molar-refractivity contribution in [3.05, 3.63) is 70.5 Å². The van der Waals surface area contributed by atoms with Crippen LogP contribution in [0.1, 0.15) is 30.0 Å². The molecule has 0 saturated heterocycles. The summed E-state index contributed by atoms with van der Waals surface area (Å²) in [5, 5.41) is 11.9. The van der Waals surface area contributed by atoms with Crippen LogP contribution in [-0.2, 0) is 20.8 Å². The molecule has 1 unspecified atom stereocenters. The monoisotopic (exact) mass is 413 g/mol. The highest BCUT2D eigenvalue weighted by Crippen LogP contribution is 2.43. The molecule has 1 aliphatic rings. The van der Waals surface area contributed by atoms with E-state index in [-0.39, 0.29) is 12.4 Å². The summed E-state index contributed by atoms with van der Waals surface area (Å²) in [4.78, 5) is 16.2. The van der Waals surface area contributed by atoms with Gasteiger partial charge in [-0.05, 0) is 94.0 Å². The van der Waals surface area contributed by atoms with Crippen LogP contribution < -0.4 is 0 Å². The summed E-state index contributed by atoms with van der Waals surface area (Å²) in [7, 11) is 0. The smallest absolute Gasteiger partial charge is 0.350 e. The molecule has 0 heterocycles. The first-order valence-corrected chi connectivity index (χ1v) is 10.5. The third-order valence-corrected chi connectivity index (χ3v) is 5.59. The first kappa shape index (κ1) is 20.8. The summed E-state index contributed by atoms with van der Waals surface area (Å²) in [6.07, 6.45) is 4.80. The number of benzene rings is 2. The number of hydrogen-bond donors (Lipinski definition) is 1. The fourth-order valence-electron chi connectivity index (χ4n) is 3.28. The van der Waals surface area contributed by atoms with Gasteiger partial charge in [0.15, 0.2) is 11.1 Å².